The van der Waals surface area contributed by atoms with Gasteiger partial charge in [0.2, 0.25) is 11.9 Å². The van der Waals surface area contributed by atoms with E-state index in [0.717, 1.165) is 53.5 Å². The quantitative estimate of drug-likeness (QED) is 0.630. The normalized spacial score (nSPS) is 16.0. The molecule has 0 aliphatic carbocycles. The summed E-state index contributed by atoms with van der Waals surface area (Å²) in [6.07, 6.45) is 4.21. The molecule has 1 atom stereocenters. The summed E-state index contributed by atoms with van der Waals surface area (Å²) in [4.78, 5) is 28.4. The fourth-order valence-electron chi connectivity index (χ4n) is 4.15. The Morgan fingerprint density at radius 1 is 1.16 bits per heavy atom. The number of aryl methyl sites for hydroxylation is 2. The lowest BCUT2D eigenvalue weighted by Gasteiger charge is -2.32. The van der Waals surface area contributed by atoms with Gasteiger partial charge in [-0.25, -0.2) is 9.97 Å². The average Bonchev–Trinajstić information content (AvgIpc) is 2.79. The van der Waals surface area contributed by atoms with E-state index in [9.17, 15) is 4.79 Å². The molecule has 4 rings (SSSR count). The molecule has 0 radical (unpaired) electrons. The van der Waals surface area contributed by atoms with Crippen LogP contribution in [0.25, 0.3) is 0 Å². The molecule has 32 heavy (non-hydrogen) atoms. The van der Waals surface area contributed by atoms with Gasteiger partial charge in [-0.2, -0.15) is 0 Å². The number of pyridine rings is 1. The number of nitrogens with one attached hydrogen (secondary N) is 1. The number of carbonyl (C=O) groups is 1. The minimum atomic E-state index is 0.146. The standard InChI is InChI=1S/C25H29N5O2/c1-17-12-18(2)28-25(27-17)29-21-9-10-23(26-15-21)20-7-5-11-30(16-20)24(31)14-19-6-4-8-22(13-19)32-3/h4,6,8-10,12-13,15,20H,5,7,11,14,16H2,1-3H3,(H,27,28,29)/t20-/m0/s1. The molecule has 1 saturated heterocycles. The third kappa shape index (κ3) is 5.41. The second kappa shape index (κ2) is 9.77. The van der Waals surface area contributed by atoms with Gasteiger partial charge < -0.3 is 15.0 Å². The van der Waals surface area contributed by atoms with Crippen molar-refractivity contribution in [3.63, 3.8) is 0 Å². The van der Waals surface area contributed by atoms with E-state index in [1.54, 1.807) is 7.11 Å². The molecule has 7 nitrogen and oxygen atoms in total. The lowest BCUT2D eigenvalue weighted by Crippen LogP contribution is -2.40. The molecule has 1 aliphatic heterocycles. The Morgan fingerprint density at radius 3 is 2.69 bits per heavy atom. The summed E-state index contributed by atoms with van der Waals surface area (Å²) in [6, 6.07) is 13.7. The molecule has 3 heterocycles. The minimum Gasteiger partial charge on any atom is -0.497 e. The van der Waals surface area contributed by atoms with E-state index < -0.39 is 0 Å². The van der Waals surface area contributed by atoms with Gasteiger partial charge in [-0.1, -0.05) is 12.1 Å². The average molecular weight is 432 g/mol. The largest absolute Gasteiger partial charge is 0.497 e. The van der Waals surface area contributed by atoms with Gasteiger partial charge in [-0.05, 0) is 62.6 Å². The molecule has 1 aliphatic rings. The molecule has 0 unspecified atom stereocenters. The first-order chi connectivity index (χ1) is 15.5. The predicted molar refractivity (Wildman–Crippen MR) is 124 cm³/mol. The summed E-state index contributed by atoms with van der Waals surface area (Å²) < 4.78 is 5.27. The molecule has 0 bridgehead atoms. The molecule has 1 aromatic carbocycles. The van der Waals surface area contributed by atoms with Crippen molar-refractivity contribution in [1.82, 2.24) is 19.9 Å². The van der Waals surface area contributed by atoms with E-state index in [4.69, 9.17) is 4.74 Å². The van der Waals surface area contributed by atoms with E-state index in [-0.39, 0.29) is 11.8 Å². The van der Waals surface area contributed by atoms with E-state index in [0.29, 0.717) is 18.9 Å². The second-order valence-electron chi connectivity index (χ2n) is 8.28. The maximum Gasteiger partial charge on any atom is 0.227 e. The molecule has 1 amide bonds. The molecule has 1 fully saturated rings. The first-order valence-corrected chi connectivity index (χ1v) is 11.0. The number of hydrogen-bond donors (Lipinski definition) is 1. The highest BCUT2D eigenvalue weighted by molar-refractivity contribution is 5.79. The van der Waals surface area contributed by atoms with Gasteiger partial charge in [-0.3, -0.25) is 9.78 Å². The van der Waals surface area contributed by atoms with Gasteiger partial charge in [0.25, 0.3) is 0 Å². The number of piperidine rings is 1. The molecule has 0 saturated carbocycles. The van der Waals surface area contributed by atoms with Crippen LogP contribution < -0.4 is 10.1 Å². The Morgan fingerprint density at radius 2 is 1.97 bits per heavy atom. The van der Waals surface area contributed by atoms with Crippen LogP contribution in [-0.2, 0) is 11.2 Å². The highest BCUT2D eigenvalue weighted by Gasteiger charge is 2.25. The second-order valence-corrected chi connectivity index (χ2v) is 8.28. The molecular weight excluding hydrogens is 402 g/mol. The molecule has 2 aromatic heterocycles. The van der Waals surface area contributed by atoms with Gasteiger partial charge in [0, 0.05) is 36.1 Å². The fraction of sp³-hybridized carbons (Fsp3) is 0.360. The van der Waals surface area contributed by atoms with Crippen molar-refractivity contribution in [2.75, 3.05) is 25.5 Å². The van der Waals surface area contributed by atoms with Crippen LogP contribution >= 0.6 is 0 Å². The zero-order valence-corrected chi connectivity index (χ0v) is 18.8. The Bertz CT molecular complexity index is 1060. The number of likely N-dealkylation sites (tertiary alicyclic amines) is 1. The number of ether oxygens (including phenoxy) is 1. The first-order valence-electron chi connectivity index (χ1n) is 11.0. The number of methoxy groups -OCH3 is 1. The van der Waals surface area contributed by atoms with Gasteiger partial charge in [0.05, 0.1) is 25.4 Å². The molecule has 166 valence electrons. The summed E-state index contributed by atoms with van der Waals surface area (Å²) >= 11 is 0. The Hall–Kier alpha value is -3.48. The number of nitrogens with zero attached hydrogens (tertiary/aromatic N) is 4. The number of anilines is 2. The van der Waals surface area contributed by atoms with Crippen molar-refractivity contribution in [2.24, 2.45) is 0 Å². The van der Waals surface area contributed by atoms with Crippen molar-refractivity contribution in [1.29, 1.82) is 0 Å². The van der Waals surface area contributed by atoms with E-state index >= 15 is 0 Å². The predicted octanol–water partition coefficient (Wildman–Crippen LogP) is 4.19. The smallest absolute Gasteiger partial charge is 0.227 e. The zero-order chi connectivity index (χ0) is 22.5. The summed E-state index contributed by atoms with van der Waals surface area (Å²) in [5.74, 6) is 1.73. The fourth-order valence-corrected chi connectivity index (χ4v) is 4.15. The van der Waals surface area contributed by atoms with Crippen LogP contribution in [-0.4, -0.2) is 46.0 Å². The maximum absolute atomic E-state index is 12.9. The Labute approximate surface area is 188 Å². The maximum atomic E-state index is 12.9. The van der Waals surface area contributed by atoms with Crippen molar-refractivity contribution in [3.8, 4) is 5.75 Å². The topological polar surface area (TPSA) is 80.2 Å². The van der Waals surface area contributed by atoms with Crippen molar-refractivity contribution in [3.05, 3.63) is 71.3 Å². The van der Waals surface area contributed by atoms with Crippen LogP contribution in [0.2, 0.25) is 0 Å². The number of amides is 1. The van der Waals surface area contributed by atoms with E-state index in [1.165, 1.54) is 0 Å². The van der Waals surface area contributed by atoms with Crippen LogP contribution in [0.3, 0.4) is 0 Å². The van der Waals surface area contributed by atoms with Crippen LogP contribution in [0, 0.1) is 13.8 Å². The highest BCUT2D eigenvalue weighted by atomic mass is 16.5. The van der Waals surface area contributed by atoms with Crippen LogP contribution in [0.5, 0.6) is 5.75 Å². The molecule has 7 heteroatoms. The summed E-state index contributed by atoms with van der Waals surface area (Å²) in [7, 11) is 1.64. The summed E-state index contributed by atoms with van der Waals surface area (Å²) in [6.45, 7) is 5.39. The number of carbonyl (C=O) groups excluding carboxylic acids is 1. The molecule has 0 spiro atoms. The van der Waals surface area contributed by atoms with E-state index in [2.05, 4.69) is 20.3 Å². The van der Waals surface area contributed by atoms with Gasteiger partial charge >= 0.3 is 0 Å². The molecular formula is C25H29N5O2. The third-order valence-electron chi connectivity index (χ3n) is 5.71. The van der Waals surface area contributed by atoms with Crippen molar-refractivity contribution < 1.29 is 9.53 Å². The summed E-state index contributed by atoms with van der Waals surface area (Å²) in [5.41, 5.74) is 4.67. The van der Waals surface area contributed by atoms with Crippen molar-refractivity contribution >= 4 is 17.5 Å². The number of benzene rings is 1. The van der Waals surface area contributed by atoms with Gasteiger partial charge in [0.1, 0.15) is 5.75 Å². The van der Waals surface area contributed by atoms with Gasteiger partial charge in [-0.15, -0.1) is 0 Å². The number of rotatable bonds is 6. The lowest BCUT2D eigenvalue weighted by molar-refractivity contribution is -0.131. The third-order valence-corrected chi connectivity index (χ3v) is 5.71. The SMILES string of the molecule is COc1cccc(CC(=O)N2CCC[C@H](c3ccc(Nc4nc(C)cc(C)n4)cn3)C2)c1. The van der Waals surface area contributed by atoms with Crippen LogP contribution in [0.4, 0.5) is 11.6 Å². The minimum absolute atomic E-state index is 0.146. The monoisotopic (exact) mass is 431 g/mol. The Kier molecular flexibility index (Phi) is 6.63. The van der Waals surface area contributed by atoms with Crippen molar-refractivity contribution in [2.45, 2.75) is 39.0 Å². The number of aromatic nitrogens is 3. The van der Waals surface area contributed by atoms with Crippen LogP contribution in [0.15, 0.2) is 48.7 Å². The molecule has 3 aromatic rings. The first kappa shape index (κ1) is 21.7. The number of hydrogen-bond acceptors (Lipinski definition) is 6. The Balaban J connectivity index is 1.38. The molecule has 1 N–H and O–H groups in total. The van der Waals surface area contributed by atoms with E-state index in [1.807, 2.05) is 67.4 Å². The lowest BCUT2D eigenvalue weighted by atomic mass is 9.93. The summed E-state index contributed by atoms with van der Waals surface area (Å²) in [5, 5.41) is 3.22. The van der Waals surface area contributed by atoms with Gasteiger partial charge in [0.15, 0.2) is 0 Å². The van der Waals surface area contributed by atoms with Crippen LogP contribution in [0.1, 0.15) is 41.4 Å². The highest BCUT2D eigenvalue weighted by Crippen LogP contribution is 2.27. The zero-order valence-electron chi connectivity index (χ0n) is 18.8.